The Morgan fingerprint density at radius 2 is 2.10 bits per heavy atom. The predicted octanol–water partition coefficient (Wildman–Crippen LogP) is 3.85. The van der Waals surface area contributed by atoms with Crippen LogP contribution >= 0.6 is 0 Å². The van der Waals surface area contributed by atoms with Crippen molar-refractivity contribution in [1.29, 1.82) is 0 Å². The molecule has 0 bridgehead atoms. The number of hydrogen-bond acceptors (Lipinski definition) is 3. The second kappa shape index (κ2) is 5.28. The van der Waals surface area contributed by atoms with Gasteiger partial charge >= 0.3 is 0 Å². The first kappa shape index (κ1) is 13.7. The standard InChI is InChI=1S/C17H25NO2/c1-3-20-16-11-15(17(16)8-4-5-9-17)18-14-7-6-13(19)10-12(14)2/h6-7,10,15-16,18-19H,3-5,8-9,11H2,1-2H3. The van der Waals surface area contributed by atoms with Crippen LogP contribution in [0.3, 0.4) is 0 Å². The molecule has 0 aromatic heterocycles. The molecule has 0 aliphatic heterocycles. The van der Waals surface area contributed by atoms with E-state index in [4.69, 9.17) is 4.74 Å². The van der Waals surface area contributed by atoms with Gasteiger partial charge < -0.3 is 15.2 Å². The molecule has 2 unspecified atom stereocenters. The highest BCUT2D eigenvalue weighted by molar-refractivity contribution is 5.54. The van der Waals surface area contributed by atoms with Gasteiger partial charge in [-0.2, -0.15) is 0 Å². The maximum absolute atomic E-state index is 9.51. The number of aryl methyl sites for hydroxylation is 1. The van der Waals surface area contributed by atoms with E-state index in [2.05, 4.69) is 12.2 Å². The Labute approximate surface area is 121 Å². The van der Waals surface area contributed by atoms with E-state index in [9.17, 15) is 5.11 Å². The van der Waals surface area contributed by atoms with E-state index in [-0.39, 0.29) is 0 Å². The van der Waals surface area contributed by atoms with Gasteiger partial charge in [0, 0.05) is 23.8 Å². The van der Waals surface area contributed by atoms with Crippen LogP contribution in [-0.4, -0.2) is 23.9 Å². The zero-order valence-corrected chi connectivity index (χ0v) is 12.5. The molecule has 0 radical (unpaired) electrons. The number of anilines is 1. The molecule has 110 valence electrons. The molecule has 2 aliphatic rings. The molecule has 3 rings (SSSR count). The van der Waals surface area contributed by atoms with Gasteiger partial charge in [-0.1, -0.05) is 12.8 Å². The van der Waals surface area contributed by atoms with Crippen molar-refractivity contribution in [2.24, 2.45) is 5.41 Å². The van der Waals surface area contributed by atoms with Gasteiger partial charge in [0.05, 0.1) is 6.10 Å². The monoisotopic (exact) mass is 275 g/mol. The molecule has 0 amide bonds. The molecule has 1 aromatic rings. The molecule has 2 saturated carbocycles. The van der Waals surface area contributed by atoms with Crippen LogP contribution in [-0.2, 0) is 4.74 Å². The van der Waals surface area contributed by atoms with Gasteiger partial charge in [0.25, 0.3) is 0 Å². The summed E-state index contributed by atoms with van der Waals surface area (Å²) in [6.45, 7) is 4.95. The smallest absolute Gasteiger partial charge is 0.115 e. The summed E-state index contributed by atoms with van der Waals surface area (Å²) in [6, 6.07) is 6.09. The summed E-state index contributed by atoms with van der Waals surface area (Å²) in [6.07, 6.45) is 6.77. The number of nitrogens with one attached hydrogen (secondary N) is 1. The number of phenols is 1. The second-order valence-electron chi connectivity index (χ2n) is 6.32. The van der Waals surface area contributed by atoms with Gasteiger partial charge in [-0.25, -0.2) is 0 Å². The Morgan fingerprint density at radius 1 is 1.35 bits per heavy atom. The first-order valence-corrected chi connectivity index (χ1v) is 7.83. The zero-order valence-electron chi connectivity index (χ0n) is 12.5. The SMILES string of the molecule is CCOC1CC(Nc2ccc(O)cc2C)C12CCCC2. The summed E-state index contributed by atoms with van der Waals surface area (Å²) in [5, 5.41) is 13.2. The predicted molar refractivity (Wildman–Crippen MR) is 81.2 cm³/mol. The van der Waals surface area contributed by atoms with Gasteiger partial charge in [-0.05, 0) is 56.9 Å². The van der Waals surface area contributed by atoms with Crippen molar-refractivity contribution in [1.82, 2.24) is 0 Å². The summed E-state index contributed by atoms with van der Waals surface area (Å²) in [5.74, 6) is 0.337. The minimum absolute atomic E-state index is 0.337. The molecule has 3 heteroatoms. The summed E-state index contributed by atoms with van der Waals surface area (Å²) in [4.78, 5) is 0. The van der Waals surface area contributed by atoms with E-state index < -0.39 is 0 Å². The van der Waals surface area contributed by atoms with Gasteiger partial charge in [0.2, 0.25) is 0 Å². The van der Waals surface area contributed by atoms with Crippen LogP contribution in [0.25, 0.3) is 0 Å². The number of benzene rings is 1. The average molecular weight is 275 g/mol. The Hall–Kier alpha value is -1.22. The lowest BCUT2D eigenvalue weighted by atomic mass is 9.60. The minimum atomic E-state index is 0.337. The first-order valence-electron chi connectivity index (χ1n) is 7.83. The van der Waals surface area contributed by atoms with Crippen molar-refractivity contribution in [2.75, 3.05) is 11.9 Å². The van der Waals surface area contributed by atoms with Crippen molar-refractivity contribution in [2.45, 2.75) is 58.1 Å². The number of hydrogen-bond donors (Lipinski definition) is 2. The molecule has 1 spiro atoms. The largest absolute Gasteiger partial charge is 0.508 e. The second-order valence-corrected chi connectivity index (χ2v) is 6.32. The molecule has 2 fully saturated rings. The number of rotatable bonds is 4. The molecular weight excluding hydrogens is 250 g/mol. The lowest BCUT2D eigenvalue weighted by Gasteiger charge is -2.54. The molecule has 2 atom stereocenters. The molecule has 0 heterocycles. The molecule has 2 aliphatic carbocycles. The van der Waals surface area contributed by atoms with E-state index in [0.717, 1.165) is 24.3 Å². The van der Waals surface area contributed by atoms with Crippen molar-refractivity contribution in [3.63, 3.8) is 0 Å². The Kier molecular flexibility index (Phi) is 3.63. The molecule has 2 N–H and O–H groups in total. The Balaban J connectivity index is 1.74. The molecule has 0 saturated heterocycles. The fourth-order valence-electron chi connectivity index (χ4n) is 4.09. The van der Waals surface area contributed by atoms with Crippen molar-refractivity contribution >= 4 is 5.69 Å². The van der Waals surface area contributed by atoms with Crippen molar-refractivity contribution in [3.05, 3.63) is 23.8 Å². The van der Waals surface area contributed by atoms with E-state index in [1.807, 2.05) is 19.1 Å². The summed E-state index contributed by atoms with van der Waals surface area (Å²) < 4.78 is 5.95. The van der Waals surface area contributed by atoms with Gasteiger partial charge in [-0.3, -0.25) is 0 Å². The maximum atomic E-state index is 9.51. The van der Waals surface area contributed by atoms with Gasteiger partial charge in [-0.15, -0.1) is 0 Å². The van der Waals surface area contributed by atoms with Crippen molar-refractivity contribution in [3.8, 4) is 5.75 Å². The fourth-order valence-corrected chi connectivity index (χ4v) is 4.09. The lowest BCUT2D eigenvalue weighted by molar-refractivity contribution is -0.114. The van der Waals surface area contributed by atoms with E-state index in [1.54, 1.807) is 6.07 Å². The highest BCUT2D eigenvalue weighted by atomic mass is 16.5. The third-order valence-corrected chi connectivity index (χ3v) is 5.23. The maximum Gasteiger partial charge on any atom is 0.115 e. The zero-order chi connectivity index (χ0) is 14.2. The molecule has 20 heavy (non-hydrogen) atoms. The summed E-state index contributed by atoms with van der Waals surface area (Å²) in [5.41, 5.74) is 2.60. The summed E-state index contributed by atoms with van der Waals surface area (Å²) >= 11 is 0. The van der Waals surface area contributed by atoms with Crippen molar-refractivity contribution < 1.29 is 9.84 Å². The van der Waals surface area contributed by atoms with Crippen LogP contribution in [0.15, 0.2) is 18.2 Å². The van der Waals surface area contributed by atoms with Crippen LogP contribution in [0, 0.1) is 12.3 Å². The quantitative estimate of drug-likeness (QED) is 0.820. The molecule has 1 aromatic carbocycles. The van der Waals surface area contributed by atoms with Gasteiger partial charge in [0.1, 0.15) is 5.75 Å². The minimum Gasteiger partial charge on any atom is -0.508 e. The van der Waals surface area contributed by atoms with E-state index >= 15 is 0 Å². The third kappa shape index (κ3) is 2.18. The van der Waals surface area contributed by atoms with Crippen LogP contribution in [0.5, 0.6) is 5.75 Å². The Bertz CT molecular complexity index is 480. The van der Waals surface area contributed by atoms with Crippen LogP contribution in [0.1, 0.15) is 44.6 Å². The highest BCUT2D eigenvalue weighted by Gasteiger charge is 2.56. The van der Waals surface area contributed by atoms with E-state index in [1.165, 1.54) is 25.7 Å². The highest BCUT2D eigenvalue weighted by Crippen LogP contribution is 2.55. The third-order valence-electron chi connectivity index (χ3n) is 5.23. The Morgan fingerprint density at radius 3 is 2.75 bits per heavy atom. The normalized spacial score (nSPS) is 27.5. The topological polar surface area (TPSA) is 41.5 Å². The van der Waals surface area contributed by atoms with Crippen LogP contribution in [0.4, 0.5) is 5.69 Å². The van der Waals surface area contributed by atoms with Crippen LogP contribution in [0.2, 0.25) is 0 Å². The average Bonchev–Trinajstić information content (AvgIpc) is 2.92. The van der Waals surface area contributed by atoms with Gasteiger partial charge in [0.15, 0.2) is 0 Å². The number of phenolic OH excluding ortho intramolecular Hbond substituents is 1. The number of ether oxygens (including phenoxy) is 1. The first-order chi connectivity index (χ1) is 9.65. The fraction of sp³-hybridized carbons (Fsp3) is 0.647. The summed E-state index contributed by atoms with van der Waals surface area (Å²) in [7, 11) is 0. The molecular formula is C17H25NO2. The lowest BCUT2D eigenvalue weighted by Crippen LogP contribution is -2.60. The van der Waals surface area contributed by atoms with E-state index in [0.29, 0.717) is 23.3 Å². The molecule has 3 nitrogen and oxygen atoms in total. The van der Waals surface area contributed by atoms with Crippen LogP contribution < -0.4 is 5.32 Å². The number of aromatic hydroxyl groups is 1.